The number of benzene rings is 1. The lowest BCUT2D eigenvalue weighted by Crippen LogP contribution is -2.25. The molecule has 0 saturated carbocycles. The standard InChI is InChI=1S/C24H36O10S3/c1-10(7-25)19-21(13(35)4-16(28)29)20(11(2)8-26)23(15(37)6-18(32)33)24(34-12(3)9-27)22(19)14(36)5-17(30)31/h10-15,25-27,35-37H,4-9H2,1-3H3,(H,28,29)(H,30,31)(H,32,33). The van der Waals surface area contributed by atoms with Crippen LogP contribution in [0.2, 0.25) is 0 Å². The van der Waals surface area contributed by atoms with Gasteiger partial charge in [0.1, 0.15) is 11.9 Å². The van der Waals surface area contributed by atoms with Crippen molar-refractivity contribution in [1.82, 2.24) is 0 Å². The third-order valence-electron chi connectivity index (χ3n) is 5.86. The van der Waals surface area contributed by atoms with Gasteiger partial charge in [-0.1, -0.05) is 13.8 Å². The zero-order valence-electron chi connectivity index (χ0n) is 20.9. The van der Waals surface area contributed by atoms with Crippen LogP contribution in [0.15, 0.2) is 0 Å². The van der Waals surface area contributed by atoms with Crippen LogP contribution in [0.25, 0.3) is 0 Å². The number of hydrogen-bond acceptors (Lipinski definition) is 10. The SMILES string of the molecule is CC(CO)Oc1c(C(S)CC(=O)O)c(C(C)CO)c(C(S)CC(=O)O)c(C(C)CO)c1C(S)CC(=O)O. The molecule has 0 bridgehead atoms. The second-order valence-corrected chi connectivity index (χ2v) is 10.9. The second-order valence-electron chi connectivity index (χ2n) is 9.02. The van der Waals surface area contributed by atoms with Crippen LogP contribution >= 0.6 is 37.9 Å². The van der Waals surface area contributed by atoms with Gasteiger partial charge in [0.25, 0.3) is 0 Å². The summed E-state index contributed by atoms with van der Waals surface area (Å²) in [5.74, 6) is -4.89. The molecule has 37 heavy (non-hydrogen) atoms. The summed E-state index contributed by atoms with van der Waals surface area (Å²) in [5, 5.41) is 55.6. The first-order valence-corrected chi connectivity index (χ1v) is 13.2. The van der Waals surface area contributed by atoms with E-state index >= 15 is 0 Å². The van der Waals surface area contributed by atoms with Gasteiger partial charge in [0, 0.05) is 51.9 Å². The van der Waals surface area contributed by atoms with Crippen molar-refractivity contribution in [2.24, 2.45) is 0 Å². The molecule has 6 atom stereocenters. The average Bonchev–Trinajstić information content (AvgIpc) is 2.79. The van der Waals surface area contributed by atoms with Crippen LogP contribution in [-0.2, 0) is 14.4 Å². The fourth-order valence-electron chi connectivity index (χ4n) is 4.26. The highest BCUT2D eigenvalue weighted by Gasteiger charge is 2.37. The maximum absolute atomic E-state index is 11.7. The molecule has 0 saturated heterocycles. The molecule has 1 rings (SSSR count). The molecule has 1 aromatic carbocycles. The third-order valence-corrected chi connectivity index (χ3v) is 7.19. The number of carboxylic acids is 3. The Balaban J connectivity index is 4.51. The number of hydrogen-bond donors (Lipinski definition) is 9. The van der Waals surface area contributed by atoms with Gasteiger partial charge >= 0.3 is 17.9 Å². The van der Waals surface area contributed by atoms with Crippen LogP contribution in [-0.4, -0.2) is 74.5 Å². The van der Waals surface area contributed by atoms with Crippen molar-refractivity contribution in [3.05, 3.63) is 27.8 Å². The molecule has 0 aliphatic heterocycles. The van der Waals surface area contributed by atoms with Gasteiger partial charge in [0.05, 0.1) is 25.9 Å². The van der Waals surface area contributed by atoms with Crippen molar-refractivity contribution in [2.75, 3.05) is 19.8 Å². The van der Waals surface area contributed by atoms with E-state index in [9.17, 15) is 45.0 Å². The van der Waals surface area contributed by atoms with Crippen LogP contribution < -0.4 is 4.74 Å². The Morgan fingerprint density at radius 3 is 1.22 bits per heavy atom. The number of carbonyl (C=O) groups is 3. The number of aliphatic carboxylic acids is 3. The number of ether oxygens (including phenoxy) is 1. The molecule has 10 nitrogen and oxygen atoms in total. The van der Waals surface area contributed by atoms with Crippen LogP contribution in [0.3, 0.4) is 0 Å². The summed E-state index contributed by atoms with van der Waals surface area (Å²) in [5.41, 5.74) is 1.43. The molecule has 0 radical (unpaired) electrons. The topological polar surface area (TPSA) is 182 Å². The normalized spacial score (nSPS) is 16.4. The van der Waals surface area contributed by atoms with Crippen LogP contribution in [0.4, 0.5) is 0 Å². The quantitative estimate of drug-likeness (QED) is 0.132. The molecule has 13 heteroatoms. The summed E-state index contributed by atoms with van der Waals surface area (Å²) in [6.07, 6.45) is -2.26. The van der Waals surface area contributed by atoms with Gasteiger partial charge in [-0.3, -0.25) is 14.4 Å². The Morgan fingerprint density at radius 2 is 0.946 bits per heavy atom. The van der Waals surface area contributed by atoms with Gasteiger partial charge in [0.15, 0.2) is 0 Å². The molecular weight excluding hydrogens is 544 g/mol. The lowest BCUT2D eigenvalue weighted by Gasteiger charge is -2.35. The molecule has 6 unspecified atom stereocenters. The van der Waals surface area contributed by atoms with Gasteiger partial charge in [-0.15, -0.1) is 0 Å². The summed E-state index contributed by atoms with van der Waals surface area (Å²) in [4.78, 5) is 35.0. The van der Waals surface area contributed by atoms with E-state index < -0.39 is 90.7 Å². The highest BCUT2D eigenvalue weighted by molar-refractivity contribution is 7.81. The largest absolute Gasteiger partial charge is 0.488 e. The minimum absolute atomic E-state index is 0.0364. The number of thiol groups is 3. The van der Waals surface area contributed by atoms with Gasteiger partial charge in [-0.05, 0) is 23.6 Å². The molecule has 0 spiro atoms. The highest BCUT2D eigenvalue weighted by atomic mass is 32.1. The lowest BCUT2D eigenvalue weighted by molar-refractivity contribution is -0.138. The molecule has 210 valence electrons. The maximum atomic E-state index is 11.7. The second kappa shape index (κ2) is 15.1. The molecule has 1 aromatic rings. The summed E-state index contributed by atoms with van der Waals surface area (Å²) >= 11 is 13.6. The maximum Gasteiger partial charge on any atom is 0.304 e. The average molecular weight is 581 g/mol. The van der Waals surface area contributed by atoms with Crippen molar-refractivity contribution in [3.8, 4) is 5.75 Å². The predicted molar refractivity (Wildman–Crippen MR) is 147 cm³/mol. The van der Waals surface area contributed by atoms with E-state index in [1.165, 1.54) is 0 Å². The zero-order valence-corrected chi connectivity index (χ0v) is 23.5. The predicted octanol–water partition coefficient (Wildman–Crippen LogP) is 2.97. The van der Waals surface area contributed by atoms with Gasteiger partial charge in [-0.2, -0.15) is 37.9 Å². The Labute approximate surface area is 232 Å². The minimum atomic E-state index is -1.19. The lowest BCUT2D eigenvalue weighted by atomic mass is 9.77. The van der Waals surface area contributed by atoms with Crippen LogP contribution in [0, 0.1) is 0 Å². The monoisotopic (exact) mass is 580 g/mol. The van der Waals surface area contributed by atoms with Crippen LogP contribution in [0.1, 0.15) is 95.4 Å². The molecule has 0 aliphatic rings. The van der Waals surface area contributed by atoms with Gasteiger partial charge in [0.2, 0.25) is 0 Å². The molecule has 0 aliphatic carbocycles. The Kier molecular flexibility index (Phi) is 13.6. The Morgan fingerprint density at radius 1 is 0.622 bits per heavy atom. The summed E-state index contributed by atoms with van der Waals surface area (Å²) in [7, 11) is 0. The highest BCUT2D eigenvalue weighted by Crippen LogP contribution is 2.52. The minimum Gasteiger partial charge on any atom is -0.488 e. The third kappa shape index (κ3) is 8.69. The number of rotatable bonds is 16. The van der Waals surface area contributed by atoms with Crippen molar-refractivity contribution < 1.29 is 49.8 Å². The van der Waals surface area contributed by atoms with E-state index in [0.717, 1.165) is 0 Å². The van der Waals surface area contributed by atoms with E-state index in [4.69, 9.17) is 4.74 Å². The van der Waals surface area contributed by atoms with E-state index in [1.54, 1.807) is 20.8 Å². The smallest absolute Gasteiger partial charge is 0.304 e. The van der Waals surface area contributed by atoms with Crippen molar-refractivity contribution in [3.63, 3.8) is 0 Å². The van der Waals surface area contributed by atoms with E-state index in [0.29, 0.717) is 16.7 Å². The Bertz CT molecular complexity index is 914. The molecule has 0 amide bonds. The first-order chi connectivity index (χ1) is 17.2. The first-order valence-electron chi connectivity index (χ1n) is 11.6. The van der Waals surface area contributed by atoms with E-state index in [2.05, 4.69) is 37.9 Å². The zero-order chi connectivity index (χ0) is 28.6. The van der Waals surface area contributed by atoms with Crippen molar-refractivity contribution in [2.45, 2.75) is 73.7 Å². The van der Waals surface area contributed by atoms with Crippen LogP contribution in [0.5, 0.6) is 5.75 Å². The van der Waals surface area contributed by atoms with E-state index in [-0.39, 0.29) is 16.9 Å². The fourth-order valence-corrected chi connectivity index (χ4v) is 5.52. The molecule has 0 aromatic heterocycles. The van der Waals surface area contributed by atoms with Crippen molar-refractivity contribution >= 4 is 55.8 Å². The van der Waals surface area contributed by atoms with Crippen molar-refractivity contribution in [1.29, 1.82) is 0 Å². The number of aliphatic hydroxyl groups is 3. The van der Waals surface area contributed by atoms with E-state index in [1.807, 2.05) is 0 Å². The van der Waals surface area contributed by atoms with Gasteiger partial charge in [-0.25, -0.2) is 0 Å². The molecule has 0 heterocycles. The molecule has 6 N–H and O–H groups in total. The number of carboxylic acid groups (broad SMARTS) is 3. The number of aliphatic hydroxyl groups excluding tert-OH is 3. The Hall–Kier alpha value is -1.64. The summed E-state index contributed by atoms with van der Waals surface area (Å²) < 4.78 is 6.08. The first kappa shape index (κ1) is 33.4. The molecular formula is C24H36O10S3. The van der Waals surface area contributed by atoms with Gasteiger partial charge < -0.3 is 35.4 Å². The summed E-state index contributed by atoms with van der Waals surface area (Å²) in [6.45, 7) is 3.58. The fraction of sp³-hybridized carbons (Fsp3) is 0.625. The molecule has 0 fully saturated rings. The summed E-state index contributed by atoms with van der Waals surface area (Å²) in [6, 6.07) is 0.